The lowest BCUT2D eigenvalue weighted by Crippen LogP contribution is -2.64. The van der Waals surface area contributed by atoms with Crippen LogP contribution in [0.3, 0.4) is 0 Å². The summed E-state index contributed by atoms with van der Waals surface area (Å²) in [5, 5.41) is 21.9. The summed E-state index contributed by atoms with van der Waals surface area (Å²) < 4.78 is 0. The highest BCUT2D eigenvalue weighted by molar-refractivity contribution is 5.45. The molecule has 0 fully saturated rings. The lowest BCUT2D eigenvalue weighted by molar-refractivity contribution is 0.353. The first kappa shape index (κ1) is 18.5. The molecule has 6 N–H and O–H groups in total. The molecule has 0 saturated heterocycles. The van der Waals surface area contributed by atoms with Gasteiger partial charge >= 0.3 is 0 Å². The van der Waals surface area contributed by atoms with Crippen LogP contribution in [0.2, 0.25) is 0 Å². The van der Waals surface area contributed by atoms with E-state index in [0.29, 0.717) is 0 Å². The van der Waals surface area contributed by atoms with Crippen LogP contribution in [0.25, 0.3) is 0 Å². The molecule has 154 valence electrons. The highest BCUT2D eigenvalue weighted by Gasteiger charge is 2.38. The van der Waals surface area contributed by atoms with E-state index in [0.717, 1.165) is 30.2 Å². The Morgan fingerprint density at radius 2 is 1.53 bits per heavy atom. The summed E-state index contributed by atoms with van der Waals surface area (Å²) in [7, 11) is 0. The van der Waals surface area contributed by atoms with E-state index in [9.17, 15) is 0 Å². The standard InChI is InChI=1S/C24H28N6/c1-5-13-25-17(9-1)21-22(18-10-2-6-14-26-18)30-24(20-12-4-8-16-28-20)23(29-21)19-11-3-7-15-27-19/h1-13,16-17,20-22,25-30H,14-15H2. The van der Waals surface area contributed by atoms with Crippen LogP contribution in [-0.2, 0) is 0 Å². The fourth-order valence-electron chi connectivity index (χ4n) is 4.32. The zero-order chi connectivity index (χ0) is 20.2. The third kappa shape index (κ3) is 3.68. The van der Waals surface area contributed by atoms with Crippen molar-refractivity contribution < 1.29 is 0 Å². The van der Waals surface area contributed by atoms with Crippen molar-refractivity contribution in [3.63, 3.8) is 0 Å². The number of dihydropyridines is 4. The highest BCUT2D eigenvalue weighted by atomic mass is 15.2. The van der Waals surface area contributed by atoms with Crippen molar-refractivity contribution in [2.45, 2.75) is 24.2 Å². The van der Waals surface area contributed by atoms with Gasteiger partial charge in [-0.25, -0.2) is 0 Å². The van der Waals surface area contributed by atoms with Gasteiger partial charge in [0.05, 0.1) is 41.3 Å². The van der Waals surface area contributed by atoms with Crippen LogP contribution in [0.1, 0.15) is 0 Å². The fourth-order valence-corrected chi connectivity index (χ4v) is 4.32. The maximum Gasteiger partial charge on any atom is 0.0884 e. The largest absolute Gasteiger partial charge is 0.383 e. The van der Waals surface area contributed by atoms with Crippen LogP contribution in [0, 0.1) is 0 Å². The molecular formula is C24H28N6. The molecule has 0 aromatic heterocycles. The quantitative estimate of drug-likeness (QED) is 0.428. The van der Waals surface area contributed by atoms with E-state index in [2.05, 4.69) is 92.7 Å². The Morgan fingerprint density at radius 3 is 2.20 bits per heavy atom. The molecule has 4 atom stereocenters. The zero-order valence-corrected chi connectivity index (χ0v) is 16.8. The Hall–Kier alpha value is -3.54. The number of hydrogen-bond donors (Lipinski definition) is 6. The lowest BCUT2D eigenvalue weighted by atomic mass is 9.89. The summed E-state index contributed by atoms with van der Waals surface area (Å²) in [4.78, 5) is 0. The molecule has 6 heteroatoms. The van der Waals surface area contributed by atoms with Gasteiger partial charge < -0.3 is 31.9 Å². The smallest absolute Gasteiger partial charge is 0.0884 e. The highest BCUT2D eigenvalue weighted by Crippen LogP contribution is 2.26. The SMILES string of the molecule is C1=CCNC(C2=C(C3C=CC=CN3)NC(C3=CC=CCN3)C(C3C=CC=CN3)N2)=C1. The summed E-state index contributed by atoms with van der Waals surface area (Å²) in [6.45, 7) is 1.67. The predicted molar refractivity (Wildman–Crippen MR) is 122 cm³/mol. The Balaban J connectivity index is 1.56. The number of rotatable bonds is 4. The minimum absolute atomic E-state index is 0.0732. The van der Waals surface area contributed by atoms with Gasteiger partial charge in [-0.2, -0.15) is 0 Å². The van der Waals surface area contributed by atoms with Crippen molar-refractivity contribution in [3.05, 3.63) is 108 Å². The molecule has 0 saturated carbocycles. The molecule has 5 heterocycles. The molecule has 5 aliphatic rings. The molecule has 0 radical (unpaired) electrons. The summed E-state index contributed by atoms with van der Waals surface area (Å²) in [6.07, 6.45) is 29.5. The Labute approximate surface area is 177 Å². The zero-order valence-electron chi connectivity index (χ0n) is 16.8. The van der Waals surface area contributed by atoms with Gasteiger partial charge in [0.25, 0.3) is 0 Å². The third-order valence-corrected chi connectivity index (χ3v) is 5.80. The molecule has 0 bridgehead atoms. The van der Waals surface area contributed by atoms with Crippen molar-refractivity contribution in [3.8, 4) is 0 Å². The molecule has 0 amide bonds. The molecule has 4 unspecified atom stereocenters. The Morgan fingerprint density at radius 1 is 0.733 bits per heavy atom. The van der Waals surface area contributed by atoms with E-state index < -0.39 is 0 Å². The molecular weight excluding hydrogens is 372 g/mol. The minimum Gasteiger partial charge on any atom is -0.383 e. The first-order chi connectivity index (χ1) is 14.9. The van der Waals surface area contributed by atoms with E-state index in [4.69, 9.17) is 0 Å². The van der Waals surface area contributed by atoms with E-state index in [1.807, 2.05) is 24.6 Å². The van der Waals surface area contributed by atoms with Gasteiger partial charge in [0, 0.05) is 18.8 Å². The molecule has 0 aliphatic carbocycles. The van der Waals surface area contributed by atoms with Gasteiger partial charge in [0.2, 0.25) is 0 Å². The molecule has 30 heavy (non-hydrogen) atoms. The molecule has 5 rings (SSSR count). The summed E-state index contributed by atoms with van der Waals surface area (Å²) >= 11 is 0. The maximum atomic E-state index is 3.89. The predicted octanol–water partition coefficient (Wildman–Crippen LogP) is 1.30. The normalized spacial score (nSPS) is 31.5. The van der Waals surface area contributed by atoms with E-state index in [1.165, 1.54) is 5.70 Å². The van der Waals surface area contributed by atoms with Gasteiger partial charge in [-0.05, 0) is 36.7 Å². The molecule has 5 aliphatic heterocycles. The van der Waals surface area contributed by atoms with Crippen LogP contribution in [0.15, 0.2) is 108 Å². The number of nitrogens with one attached hydrogen (secondary N) is 6. The van der Waals surface area contributed by atoms with E-state index in [1.54, 1.807) is 0 Å². The van der Waals surface area contributed by atoms with Crippen molar-refractivity contribution in [2.24, 2.45) is 0 Å². The van der Waals surface area contributed by atoms with Gasteiger partial charge in [0.15, 0.2) is 0 Å². The first-order valence-corrected chi connectivity index (χ1v) is 10.6. The average molecular weight is 401 g/mol. The summed E-state index contributed by atoms with van der Waals surface area (Å²) in [6, 6.07) is 0.436. The maximum absolute atomic E-state index is 3.89. The van der Waals surface area contributed by atoms with E-state index >= 15 is 0 Å². The fraction of sp³-hybridized carbons (Fsp3) is 0.250. The van der Waals surface area contributed by atoms with E-state index in [-0.39, 0.29) is 24.2 Å². The average Bonchev–Trinajstić information content (AvgIpc) is 2.85. The van der Waals surface area contributed by atoms with Crippen molar-refractivity contribution in [2.75, 3.05) is 13.1 Å². The van der Waals surface area contributed by atoms with Gasteiger partial charge in [-0.3, -0.25) is 0 Å². The summed E-state index contributed by atoms with van der Waals surface area (Å²) in [5.74, 6) is 0. The topological polar surface area (TPSA) is 72.2 Å². The Kier molecular flexibility index (Phi) is 5.21. The monoisotopic (exact) mass is 400 g/mol. The molecule has 0 aromatic carbocycles. The minimum atomic E-state index is 0.0732. The molecule has 0 spiro atoms. The number of allylic oxidation sites excluding steroid dienone is 8. The van der Waals surface area contributed by atoms with Crippen LogP contribution < -0.4 is 31.9 Å². The van der Waals surface area contributed by atoms with Crippen LogP contribution in [0.5, 0.6) is 0 Å². The van der Waals surface area contributed by atoms with Crippen molar-refractivity contribution in [1.82, 2.24) is 31.9 Å². The van der Waals surface area contributed by atoms with Gasteiger partial charge in [-0.15, -0.1) is 0 Å². The molecule has 0 aromatic rings. The van der Waals surface area contributed by atoms with Gasteiger partial charge in [0.1, 0.15) is 0 Å². The second-order valence-corrected chi connectivity index (χ2v) is 7.73. The number of hydrogen-bond acceptors (Lipinski definition) is 6. The van der Waals surface area contributed by atoms with Crippen LogP contribution in [0.4, 0.5) is 0 Å². The first-order valence-electron chi connectivity index (χ1n) is 10.6. The third-order valence-electron chi connectivity index (χ3n) is 5.80. The second kappa shape index (κ2) is 8.45. The lowest BCUT2D eigenvalue weighted by Gasteiger charge is -2.44. The Bertz CT molecular complexity index is 943. The van der Waals surface area contributed by atoms with Crippen LogP contribution in [-0.4, -0.2) is 37.3 Å². The van der Waals surface area contributed by atoms with Crippen LogP contribution >= 0.6 is 0 Å². The van der Waals surface area contributed by atoms with Crippen molar-refractivity contribution >= 4 is 0 Å². The molecule has 6 nitrogen and oxygen atoms in total. The second-order valence-electron chi connectivity index (χ2n) is 7.73. The van der Waals surface area contributed by atoms with Crippen molar-refractivity contribution in [1.29, 1.82) is 0 Å². The summed E-state index contributed by atoms with van der Waals surface area (Å²) in [5.41, 5.74) is 4.54. The van der Waals surface area contributed by atoms with Gasteiger partial charge in [-0.1, -0.05) is 48.6 Å².